The van der Waals surface area contributed by atoms with Crippen LogP contribution in [0.5, 0.6) is 0 Å². The van der Waals surface area contributed by atoms with E-state index < -0.39 is 0 Å². The molecule has 2 N–H and O–H groups in total. The Bertz CT molecular complexity index is 721. The van der Waals surface area contributed by atoms with Crippen LogP contribution in [0.2, 0.25) is 10.0 Å². The molecule has 3 nitrogen and oxygen atoms in total. The molecule has 0 aliphatic rings. The molecule has 0 saturated carbocycles. The number of benzene rings is 2. The van der Waals surface area contributed by atoms with E-state index in [-0.39, 0.29) is 12.1 Å². The third-order valence-corrected chi connectivity index (χ3v) is 4.25. The van der Waals surface area contributed by atoms with E-state index in [1.54, 1.807) is 12.1 Å². The van der Waals surface area contributed by atoms with Gasteiger partial charge in [0.05, 0.1) is 6.04 Å². The summed E-state index contributed by atoms with van der Waals surface area (Å²) in [6.07, 6.45) is 0. The highest BCUT2D eigenvalue weighted by molar-refractivity contribution is 6.35. The van der Waals surface area contributed by atoms with Gasteiger partial charge in [0.1, 0.15) is 0 Å². The van der Waals surface area contributed by atoms with Crippen LogP contribution in [-0.4, -0.2) is 6.03 Å². The number of aryl methyl sites for hydroxylation is 3. The average Bonchev–Trinajstić information content (AvgIpc) is 2.42. The molecular weight excluding hydrogens is 331 g/mol. The second-order valence-corrected chi connectivity index (χ2v) is 6.60. The van der Waals surface area contributed by atoms with E-state index in [2.05, 4.69) is 10.6 Å². The number of nitrogens with one attached hydrogen (secondary N) is 2. The summed E-state index contributed by atoms with van der Waals surface area (Å²) in [6.45, 7) is 7.88. The third-order valence-electron chi connectivity index (χ3n) is 3.69. The first kappa shape index (κ1) is 17.6. The first-order valence-corrected chi connectivity index (χ1v) is 8.14. The molecule has 0 fully saturated rings. The van der Waals surface area contributed by atoms with Crippen molar-refractivity contribution < 1.29 is 4.79 Å². The molecule has 0 heterocycles. The van der Waals surface area contributed by atoms with E-state index in [0.29, 0.717) is 10.0 Å². The van der Waals surface area contributed by atoms with Crippen molar-refractivity contribution in [2.45, 2.75) is 33.7 Å². The van der Waals surface area contributed by atoms with Gasteiger partial charge in [0.25, 0.3) is 0 Å². The predicted molar refractivity (Wildman–Crippen MR) is 97.7 cm³/mol. The molecule has 122 valence electrons. The van der Waals surface area contributed by atoms with Crippen LogP contribution in [-0.2, 0) is 0 Å². The van der Waals surface area contributed by atoms with Gasteiger partial charge in [-0.3, -0.25) is 0 Å². The molecule has 0 aromatic heterocycles. The van der Waals surface area contributed by atoms with E-state index in [0.717, 1.165) is 22.4 Å². The molecule has 2 rings (SSSR count). The van der Waals surface area contributed by atoms with Gasteiger partial charge < -0.3 is 10.6 Å². The van der Waals surface area contributed by atoms with E-state index in [1.807, 2.05) is 45.9 Å². The van der Waals surface area contributed by atoms with Crippen LogP contribution < -0.4 is 10.6 Å². The Morgan fingerprint density at radius 1 is 1.04 bits per heavy atom. The Morgan fingerprint density at radius 2 is 1.65 bits per heavy atom. The molecule has 0 spiro atoms. The van der Waals surface area contributed by atoms with Gasteiger partial charge in [-0.15, -0.1) is 0 Å². The van der Waals surface area contributed by atoms with Gasteiger partial charge in [0.2, 0.25) is 0 Å². The highest BCUT2D eigenvalue weighted by atomic mass is 35.5. The molecule has 5 heteroatoms. The zero-order valence-electron chi connectivity index (χ0n) is 13.6. The smallest absolute Gasteiger partial charge is 0.319 e. The van der Waals surface area contributed by atoms with Crippen molar-refractivity contribution in [2.75, 3.05) is 5.32 Å². The molecule has 0 radical (unpaired) electrons. The SMILES string of the molecule is Cc1cc(C)c(NC(=O)NC(C)c2ccc(Cl)cc2Cl)c(C)c1. The summed E-state index contributed by atoms with van der Waals surface area (Å²) in [5.41, 5.74) is 4.91. The van der Waals surface area contributed by atoms with Crippen LogP contribution in [0, 0.1) is 20.8 Å². The minimum absolute atomic E-state index is 0.231. The Hall–Kier alpha value is -1.71. The maximum Gasteiger partial charge on any atom is 0.319 e. The summed E-state index contributed by atoms with van der Waals surface area (Å²) in [5, 5.41) is 6.92. The van der Waals surface area contributed by atoms with Crippen molar-refractivity contribution in [3.05, 3.63) is 62.6 Å². The number of halogens is 2. The van der Waals surface area contributed by atoms with Gasteiger partial charge in [-0.1, -0.05) is 47.0 Å². The monoisotopic (exact) mass is 350 g/mol. The molecule has 2 aromatic carbocycles. The van der Waals surface area contributed by atoms with Crippen molar-refractivity contribution in [3.63, 3.8) is 0 Å². The number of rotatable bonds is 3. The molecule has 1 atom stereocenters. The Morgan fingerprint density at radius 3 is 2.22 bits per heavy atom. The largest absolute Gasteiger partial charge is 0.331 e. The maximum atomic E-state index is 12.3. The quantitative estimate of drug-likeness (QED) is 0.721. The number of anilines is 1. The molecule has 0 aliphatic heterocycles. The van der Waals surface area contributed by atoms with Crippen LogP contribution in [0.1, 0.15) is 35.2 Å². The lowest BCUT2D eigenvalue weighted by atomic mass is 10.1. The summed E-state index contributed by atoms with van der Waals surface area (Å²) in [6, 6.07) is 8.84. The lowest BCUT2D eigenvalue weighted by Crippen LogP contribution is -2.31. The number of carbonyl (C=O) groups is 1. The molecule has 2 aromatic rings. The number of hydrogen-bond acceptors (Lipinski definition) is 1. The average molecular weight is 351 g/mol. The lowest BCUT2D eigenvalue weighted by molar-refractivity contribution is 0.249. The van der Waals surface area contributed by atoms with E-state index in [1.165, 1.54) is 5.56 Å². The number of amides is 2. The molecule has 0 aliphatic carbocycles. The predicted octanol–water partition coefficient (Wildman–Crippen LogP) is 5.80. The fraction of sp³-hybridized carbons (Fsp3) is 0.278. The van der Waals surface area contributed by atoms with Crippen molar-refractivity contribution in [1.29, 1.82) is 0 Å². The molecular formula is C18H20Cl2N2O. The summed E-state index contributed by atoms with van der Waals surface area (Å²) in [7, 11) is 0. The molecule has 0 bridgehead atoms. The zero-order chi connectivity index (χ0) is 17.1. The Kier molecular flexibility index (Phi) is 5.55. The third kappa shape index (κ3) is 4.40. The second kappa shape index (κ2) is 7.24. The topological polar surface area (TPSA) is 41.1 Å². The number of hydrogen-bond donors (Lipinski definition) is 2. The standard InChI is InChI=1S/C18H20Cl2N2O/c1-10-7-11(2)17(12(3)8-10)22-18(23)21-13(4)15-6-5-14(19)9-16(15)20/h5-9,13H,1-4H3,(H2,21,22,23). The summed E-state index contributed by atoms with van der Waals surface area (Å²) in [4.78, 5) is 12.3. The minimum atomic E-state index is -0.265. The van der Waals surface area contributed by atoms with Gasteiger partial charge in [0.15, 0.2) is 0 Å². The first-order valence-electron chi connectivity index (χ1n) is 7.38. The minimum Gasteiger partial charge on any atom is -0.331 e. The van der Waals surface area contributed by atoms with Gasteiger partial charge in [0, 0.05) is 15.7 Å². The van der Waals surface area contributed by atoms with E-state index in [9.17, 15) is 4.79 Å². The summed E-state index contributed by atoms with van der Waals surface area (Å²) < 4.78 is 0. The number of urea groups is 1. The van der Waals surface area contributed by atoms with Gasteiger partial charge >= 0.3 is 6.03 Å². The van der Waals surface area contributed by atoms with Crippen molar-refractivity contribution in [1.82, 2.24) is 5.32 Å². The fourth-order valence-corrected chi connectivity index (χ4v) is 3.23. The van der Waals surface area contributed by atoms with Gasteiger partial charge in [-0.05, 0) is 56.5 Å². The molecule has 2 amide bonds. The molecule has 23 heavy (non-hydrogen) atoms. The first-order chi connectivity index (χ1) is 10.8. The van der Waals surface area contributed by atoms with Crippen LogP contribution in [0.3, 0.4) is 0 Å². The van der Waals surface area contributed by atoms with Crippen molar-refractivity contribution >= 4 is 34.9 Å². The van der Waals surface area contributed by atoms with Gasteiger partial charge in [-0.2, -0.15) is 0 Å². The molecule has 0 saturated heterocycles. The summed E-state index contributed by atoms with van der Waals surface area (Å²) in [5.74, 6) is 0. The Labute approximate surface area is 147 Å². The van der Waals surface area contributed by atoms with Crippen LogP contribution in [0.15, 0.2) is 30.3 Å². The Balaban J connectivity index is 2.10. The van der Waals surface area contributed by atoms with Crippen LogP contribution in [0.4, 0.5) is 10.5 Å². The normalized spacial score (nSPS) is 11.9. The van der Waals surface area contributed by atoms with Crippen molar-refractivity contribution in [3.8, 4) is 0 Å². The van der Waals surface area contributed by atoms with E-state index in [4.69, 9.17) is 23.2 Å². The van der Waals surface area contributed by atoms with Crippen molar-refractivity contribution in [2.24, 2.45) is 0 Å². The highest BCUT2D eigenvalue weighted by Crippen LogP contribution is 2.26. The second-order valence-electron chi connectivity index (χ2n) is 5.76. The summed E-state index contributed by atoms with van der Waals surface area (Å²) >= 11 is 12.1. The lowest BCUT2D eigenvalue weighted by Gasteiger charge is -2.18. The van der Waals surface area contributed by atoms with E-state index >= 15 is 0 Å². The maximum absolute atomic E-state index is 12.3. The van der Waals surface area contributed by atoms with Crippen LogP contribution in [0.25, 0.3) is 0 Å². The highest BCUT2D eigenvalue weighted by Gasteiger charge is 2.14. The fourth-order valence-electron chi connectivity index (χ4n) is 2.65. The molecule has 1 unspecified atom stereocenters. The zero-order valence-corrected chi connectivity index (χ0v) is 15.1. The van der Waals surface area contributed by atoms with Crippen LogP contribution >= 0.6 is 23.2 Å². The number of carbonyl (C=O) groups excluding carboxylic acids is 1. The van der Waals surface area contributed by atoms with Gasteiger partial charge in [-0.25, -0.2) is 4.79 Å².